The van der Waals surface area contributed by atoms with E-state index in [0.717, 1.165) is 51.0 Å². The highest BCUT2D eigenvalue weighted by Gasteiger charge is 2.34. The van der Waals surface area contributed by atoms with Gasteiger partial charge in [-0.2, -0.15) is 0 Å². The Hall–Kier alpha value is -2.14. The van der Waals surface area contributed by atoms with Gasteiger partial charge in [-0.15, -0.1) is 0 Å². The van der Waals surface area contributed by atoms with Crippen LogP contribution in [-0.4, -0.2) is 34.8 Å². The molecular weight excluding hydrogens is 300 g/mol. The summed E-state index contributed by atoms with van der Waals surface area (Å²) in [6, 6.07) is 10.6. The molecule has 5 heteroatoms. The molecule has 3 rings (SSSR count). The number of aliphatic hydroxyl groups excluding tert-OH is 1. The van der Waals surface area contributed by atoms with Gasteiger partial charge in [-0.1, -0.05) is 30.3 Å². The second kappa shape index (κ2) is 7.62. The predicted octanol–water partition coefficient (Wildman–Crippen LogP) is 2.66. The zero-order valence-electron chi connectivity index (χ0n) is 14.1. The maximum Gasteiger partial charge on any atom is 0.149 e. The van der Waals surface area contributed by atoms with Gasteiger partial charge in [0.25, 0.3) is 0 Å². The number of benzene rings is 1. The predicted molar refractivity (Wildman–Crippen MR) is 96.8 cm³/mol. The second-order valence-corrected chi connectivity index (χ2v) is 6.79. The van der Waals surface area contributed by atoms with Crippen molar-refractivity contribution in [3.05, 3.63) is 48.3 Å². The highest BCUT2D eigenvalue weighted by atomic mass is 16.3. The minimum atomic E-state index is 0.0407. The van der Waals surface area contributed by atoms with Crippen LogP contribution in [0.2, 0.25) is 0 Å². The third-order valence-corrected chi connectivity index (χ3v) is 5.14. The van der Waals surface area contributed by atoms with Crippen LogP contribution < -0.4 is 10.6 Å². The first-order valence-electron chi connectivity index (χ1n) is 8.68. The monoisotopic (exact) mass is 326 g/mol. The third-order valence-electron chi connectivity index (χ3n) is 5.14. The molecule has 0 unspecified atom stereocenters. The van der Waals surface area contributed by atoms with E-state index in [1.165, 1.54) is 5.56 Å². The average Bonchev–Trinajstić information content (AvgIpc) is 2.63. The lowest BCUT2D eigenvalue weighted by Gasteiger charge is -2.41. The molecule has 1 aliphatic rings. The maximum absolute atomic E-state index is 9.97. The van der Waals surface area contributed by atoms with Gasteiger partial charge in [0, 0.05) is 19.7 Å². The van der Waals surface area contributed by atoms with Crippen LogP contribution in [0.15, 0.2) is 42.7 Å². The Kier molecular flexibility index (Phi) is 5.30. The quantitative estimate of drug-likeness (QED) is 0.853. The fraction of sp³-hybridized carbons (Fsp3) is 0.474. The van der Waals surface area contributed by atoms with E-state index in [9.17, 15) is 5.11 Å². The summed E-state index contributed by atoms with van der Waals surface area (Å²) in [5.41, 5.74) is 7.14. The maximum atomic E-state index is 9.97. The summed E-state index contributed by atoms with van der Waals surface area (Å²) >= 11 is 0. The van der Waals surface area contributed by atoms with Gasteiger partial charge in [0.15, 0.2) is 0 Å². The van der Waals surface area contributed by atoms with E-state index >= 15 is 0 Å². The van der Waals surface area contributed by atoms with E-state index in [1.807, 2.05) is 6.07 Å². The highest BCUT2D eigenvalue weighted by Crippen LogP contribution is 2.37. The van der Waals surface area contributed by atoms with E-state index in [4.69, 9.17) is 5.73 Å². The van der Waals surface area contributed by atoms with Crippen LogP contribution in [0.3, 0.4) is 0 Å². The van der Waals surface area contributed by atoms with Gasteiger partial charge in [0.2, 0.25) is 0 Å². The molecule has 5 nitrogen and oxygen atoms in total. The van der Waals surface area contributed by atoms with Gasteiger partial charge in [-0.05, 0) is 43.1 Å². The van der Waals surface area contributed by atoms with Crippen molar-refractivity contribution in [1.29, 1.82) is 0 Å². The van der Waals surface area contributed by atoms with Gasteiger partial charge in [-0.25, -0.2) is 4.98 Å². The summed E-state index contributed by atoms with van der Waals surface area (Å²) in [7, 11) is 0. The summed E-state index contributed by atoms with van der Waals surface area (Å²) in [5, 5.41) is 9.97. The molecule has 0 aliphatic carbocycles. The Balaban J connectivity index is 1.54. The second-order valence-electron chi connectivity index (χ2n) is 6.79. The Labute approximate surface area is 143 Å². The number of hydrogen-bond acceptors (Lipinski definition) is 5. The summed E-state index contributed by atoms with van der Waals surface area (Å²) in [6.07, 6.45) is 8.54. The number of rotatable bonds is 6. The Morgan fingerprint density at radius 2 is 1.88 bits per heavy atom. The highest BCUT2D eigenvalue weighted by molar-refractivity contribution is 5.41. The zero-order chi connectivity index (χ0) is 16.8. The van der Waals surface area contributed by atoms with Gasteiger partial charge in [0.05, 0.1) is 12.4 Å². The van der Waals surface area contributed by atoms with Crippen molar-refractivity contribution in [3.8, 4) is 0 Å². The van der Waals surface area contributed by atoms with Crippen molar-refractivity contribution in [1.82, 2.24) is 9.97 Å². The molecule has 1 aliphatic heterocycles. The third kappa shape index (κ3) is 4.03. The van der Waals surface area contributed by atoms with Crippen LogP contribution in [0.25, 0.3) is 0 Å². The number of aryl methyl sites for hydroxylation is 1. The number of anilines is 2. The molecule has 1 aromatic heterocycles. The molecule has 128 valence electrons. The minimum absolute atomic E-state index is 0.0407. The summed E-state index contributed by atoms with van der Waals surface area (Å²) in [5.74, 6) is 1.29. The first-order chi connectivity index (χ1) is 11.7. The smallest absolute Gasteiger partial charge is 0.149 e. The van der Waals surface area contributed by atoms with Crippen LogP contribution >= 0.6 is 0 Å². The summed E-state index contributed by atoms with van der Waals surface area (Å²) in [6.45, 7) is 2.05. The molecule has 0 bridgehead atoms. The lowest BCUT2D eigenvalue weighted by molar-refractivity contribution is 0.0849. The molecule has 3 N–H and O–H groups in total. The number of aliphatic hydroxyl groups is 1. The van der Waals surface area contributed by atoms with E-state index in [0.29, 0.717) is 5.82 Å². The van der Waals surface area contributed by atoms with Crippen LogP contribution in [0.1, 0.15) is 31.2 Å². The molecule has 0 atom stereocenters. The number of piperidine rings is 1. The first kappa shape index (κ1) is 16.7. The molecule has 24 heavy (non-hydrogen) atoms. The standard InChI is InChI=1S/C19H26N4O/c20-17-13-21-14-18(22-17)23-11-9-19(15-24,10-12-23)8-4-7-16-5-2-1-3-6-16/h1-3,5-6,13-14,24H,4,7-12,15H2,(H2,20,22). The van der Waals surface area contributed by atoms with E-state index in [2.05, 4.69) is 39.1 Å². The van der Waals surface area contributed by atoms with Crippen molar-refractivity contribution in [2.45, 2.75) is 32.1 Å². The van der Waals surface area contributed by atoms with Crippen molar-refractivity contribution in [2.24, 2.45) is 5.41 Å². The van der Waals surface area contributed by atoms with E-state index in [1.54, 1.807) is 12.4 Å². The number of nitrogens with two attached hydrogens (primary N) is 1. The van der Waals surface area contributed by atoms with Crippen LogP contribution in [-0.2, 0) is 6.42 Å². The largest absolute Gasteiger partial charge is 0.396 e. The van der Waals surface area contributed by atoms with Gasteiger partial charge in [0.1, 0.15) is 11.6 Å². The van der Waals surface area contributed by atoms with Crippen LogP contribution in [0.5, 0.6) is 0 Å². The molecule has 1 fully saturated rings. The Morgan fingerprint density at radius 3 is 2.54 bits per heavy atom. The van der Waals surface area contributed by atoms with Crippen molar-refractivity contribution in [2.75, 3.05) is 30.3 Å². The topological polar surface area (TPSA) is 75.3 Å². The first-order valence-corrected chi connectivity index (χ1v) is 8.68. The van der Waals surface area contributed by atoms with E-state index < -0.39 is 0 Å². The van der Waals surface area contributed by atoms with Gasteiger partial charge in [-0.3, -0.25) is 4.98 Å². The summed E-state index contributed by atoms with van der Waals surface area (Å²) in [4.78, 5) is 10.7. The molecule has 2 aromatic rings. The van der Waals surface area contributed by atoms with Crippen molar-refractivity contribution in [3.63, 3.8) is 0 Å². The fourth-order valence-corrected chi connectivity index (χ4v) is 3.53. The molecule has 1 aromatic carbocycles. The molecule has 1 saturated heterocycles. The molecular formula is C19H26N4O. The SMILES string of the molecule is Nc1cncc(N2CCC(CO)(CCCc3ccccc3)CC2)n1. The molecule has 0 spiro atoms. The van der Waals surface area contributed by atoms with Crippen molar-refractivity contribution >= 4 is 11.6 Å². The normalized spacial score (nSPS) is 17.0. The van der Waals surface area contributed by atoms with E-state index in [-0.39, 0.29) is 12.0 Å². The minimum Gasteiger partial charge on any atom is -0.396 e. The Morgan fingerprint density at radius 1 is 1.12 bits per heavy atom. The Bertz CT molecular complexity index is 639. The number of nitrogen functional groups attached to an aromatic ring is 1. The average molecular weight is 326 g/mol. The summed E-state index contributed by atoms with van der Waals surface area (Å²) < 4.78 is 0. The number of hydrogen-bond donors (Lipinski definition) is 2. The van der Waals surface area contributed by atoms with Crippen LogP contribution in [0, 0.1) is 5.41 Å². The van der Waals surface area contributed by atoms with Gasteiger partial charge >= 0.3 is 0 Å². The molecule has 0 amide bonds. The lowest BCUT2D eigenvalue weighted by Crippen LogP contribution is -2.42. The fourth-order valence-electron chi connectivity index (χ4n) is 3.53. The number of nitrogens with zero attached hydrogens (tertiary/aromatic N) is 3. The molecule has 0 radical (unpaired) electrons. The van der Waals surface area contributed by atoms with Gasteiger partial charge < -0.3 is 15.7 Å². The molecule has 0 saturated carbocycles. The number of aromatic nitrogens is 2. The van der Waals surface area contributed by atoms with Crippen molar-refractivity contribution < 1.29 is 5.11 Å². The van der Waals surface area contributed by atoms with Crippen LogP contribution in [0.4, 0.5) is 11.6 Å². The molecule has 2 heterocycles. The zero-order valence-corrected chi connectivity index (χ0v) is 14.1. The lowest BCUT2D eigenvalue weighted by atomic mass is 9.75.